The number of para-hydroxylation sites is 1. The van der Waals surface area contributed by atoms with Crippen LogP contribution in [0.25, 0.3) is 11.0 Å². The highest BCUT2D eigenvalue weighted by Gasteiger charge is 2.29. The minimum absolute atomic E-state index is 0.211. The Morgan fingerprint density at radius 2 is 2.15 bits per heavy atom. The van der Waals surface area contributed by atoms with Crippen LogP contribution in [0.15, 0.2) is 18.2 Å². The van der Waals surface area contributed by atoms with Crippen LogP contribution in [0.2, 0.25) is 0 Å². The topological polar surface area (TPSA) is 62.3 Å². The van der Waals surface area contributed by atoms with Crippen LogP contribution in [0.3, 0.4) is 0 Å². The van der Waals surface area contributed by atoms with Gasteiger partial charge in [-0.15, -0.1) is 0 Å². The number of methoxy groups -OCH3 is 1. The molecule has 1 fully saturated rings. The molecule has 0 aliphatic carbocycles. The summed E-state index contributed by atoms with van der Waals surface area (Å²) in [7, 11) is 1.66. The molecule has 1 aliphatic heterocycles. The summed E-state index contributed by atoms with van der Waals surface area (Å²) in [5.41, 5.74) is 8.20. The van der Waals surface area contributed by atoms with E-state index >= 15 is 0 Å². The first-order chi connectivity index (χ1) is 9.63. The Labute approximate surface area is 118 Å². The highest BCUT2D eigenvalue weighted by atomic mass is 16.5. The third-order valence-electron chi connectivity index (χ3n) is 4.23. The fraction of sp³-hybridized carbons (Fsp3) is 0.533. The first-order valence-electron chi connectivity index (χ1n) is 6.99. The number of ether oxygens (including phenoxy) is 2. The maximum absolute atomic E-state index is 6.12. The van der Waals surface area contributed by atoms with E-state index in [2.05, 4.69) is 16.5 Å². The van der Waals surface area contributed by atoms with Crippen LogP contribution in [0.5, 0.6) is 5.75 Å². The van der Waals surface area contributed by atoms with E-state index in [9.17, 15) is 0 Å². The maximum atomic E-state index is 6.12. The van der Waals surface area contributed by atoms with Crippen molar-refractivity contribution < 1.29 is 9.47 Å². The molecule has 1 saturated heterocycles. The molecule has 0 bridgehead atoms. The van der Waals surface area contributed by atoms with E-state index in [1.54, 1.807) is 7.11 Å². The summed E-state index contributed by atoms with van der Waals surface area (Å²) in [5, 5.41) is 0. The Hall–Kier alpha value is -1.75. The van der Waals surface area contributed by atoms with Crippen molar-refractivity contribution in [2.24, 2.45) is 5.41 Å². The van der Waals surface area contributed by atoms with Crippen LogP contribution >= 0.6 is 0 Å². The van der Waals surface area contributed by atoms with Gasteiger partial charge < -0.3 is 19.8 Å². The van der Waals surface area contributed by atoms with Crippen LogP contribution < -0.4 is 10.5 Å². The Balaban J connectivity index is 2.01. The first kappa shape index (κ1) is 13.2. The van der Waals surface area contributed by atoms with Gasteiger partial charge in [0.2, 0.25) is 5.95 Å². The maximum Gasteiger partial charge on any atom is 0.201 e. The van der Waals surface area contributed by atoms with Crippen LogP contribution in [-0.2, 0) is 11.3 Å². The number of anilines is 1. The van der Waals surface area contributed by atoms with E-state index in [0.717, 1.165) is 49.4 Å². The van der Waals surface area contributed by atoms with Crippen LogP contribution in [0.1, 0.15) is 19.8 Å². The second-order valence-electron chi connectivity index (χ2n) is 5.81. The summed E-state index contributed by atoms with van der Waals surface area (Å²) in [6.45, 7) is 4.81. The summed E-state index contributed by atoms with van der Waals surface area (Å²) >= 11 is 0. The van der Waals surface area contributed by atoms with Crippen LogP contribution in [0.4, 0.5) is 5.95 Å². The smallest absolute Gasteiger partial charge is 0.201 e. The summed E-state index contributed by atoms with van der Waals surface area (Å²) in [4.78, 5) is 4.46. The molecule has 1 aliphatic rings. The standard InChI is InChI=1S/C15H21N3O2/c1-15(6-8-20-9-7-15)10-18-11-4-3-5-12(19-2)13(11)17-14(18)16/h3-5H,6-10H2,1-2H3,(H2,16,17). The largest absolute Gasteiger partial charge is 0.494 e. The molecule has 1 aromatic heterocycles. The monoisotopic (exact) mass is 275 g/mol. The summed E-state index contributed by atoms with van der Waals surface area (Å²) in [6.07, 6.45) is 2.10. The molecule has 0 unspecified atom stereocenters. The van der Waals surface area contributed by atoms with Gasteiger partial charge >= 0.3 is 0 Å². The lowest BCUT2D eigenvalue weighted by Crippen LogP contribution is -2.31. The first-order valence-corrected chi connectivity index (χ1v) is 6.99. The van der Waals surface area contributed by atoms with Gasteiger partial charge in [-0.2, -0.15) is 0 Å². The number of rotatable bonds is 3. The van der Waals surface area contributed by atoms with Gasteiger partial charge in [0.05, 0.1) is 12.6 Å². The summed E-state index contributed by atoms with van der Waals surface area (Å²) in [5.74, 6) is 1.32. The van der Waals surface area contributed by atoms with Gasteiger partial charge in [-0.25, -0.2) is 4.98 Å². The number of benzene rings is 1. The second kappa shape index (κ2) is 4.98. The van der Waals surface area contributed by atoms with Crippen molar-refractivity contribution in [3.63, 3.8) is 0 Å². The van der Waals surface area contributed by atoms with E-state index in [-0.39, 0.29) is 5.41 Å². The number of hydrogen-bond donors (Lipinski definition) is 1. The van der Waals surface area contributed by atoms with Crippen molar-refractivity contribution in [2.45, 2.75) is 26.3 Å². The zero-order valence-corrected chi connectivity index (χ0v) is 12.1. The van der Waals surface area contributed by atoms with E-state index < -0.39 is 0 Å². The predicted octanol–water partition coefficient (Wildman–Crippen LogP) is 2.44. The number of fused-ring (bicyclic) bond motifs is 1. The molecular weight excluding hydrogens is 254 g/mol. The molecule has 2 N–H and O–H groups in total. The van der Waals surface area contributed by atoms with Crippen LogP contribution in [0, 0.1) is 5.41 Å². The number of aromatic nitrogens is 2. The van der Waals surface area contributed by atoms with Crippen molar-refractivity contribution in [3.05, 3.63) is 18.2 Å². The SMILES string of the molecule is COc1cccc2c1nc(N)n2CC1(C)CCOCC1. The molecule has 1 aromatic carbocycles. The minimum atomic E-state index is 0.211. The lowest BCUT2D eigenvalue weighted by Gasteiger charge is -2.34. The third-order valence-corrected chi connectivity index (χ3v) is 4.23. The molecule has 3 rings (SSSR count). The Morgan fingerprint density at radius 1 is 1.40 bits per heavy atom. The van der Waals surface area contributed by atoms with Gasteiger partial charge in [-0.05, 0) is 30.4 Å². The van der Waals surface area contributed by atoms with Crippen LogP contribution in [-0.4, -0.2) is 29.9 Å². The second-order valence-corrected chi connectivity index (χ2v) is 5.81. The Kier molecular flexibility index (Phi) is 3.30. The van der Waals surface area contributed by atoms with Gasteiger partial charge in [0.15, 0.2) is 0 Å². The van der Waals surface area contributed by atoms with E-state index in [4.69, 9.17) is 15.2 Å². The normalized spacial score (nSPS) is 18.3. The van der Waals surface area contributed by atoms with E-state index in [0.29, 0.717) is 5.95 Å². The van der Waals surface area contributed by atoms with Gasteiger partial charge in [-0.3, -0.25) is 0 Å². The van der Waals surface area contributed by atoms with Crippen molar-refractivity contribution in [3.8, 4) is 5.75 Å². The predicted molar refractivity (Wildman–Crippen MR) is 78.9 cm³/mol. The zero-order chi connectivity index (χ0) is 14.2. The fourth-order valence-electron chi connectivity index (χ4n) is 2.87. The number of nitrogens with two attached hydrogens (primary N) is 1. The molecule has 108 valence electrons. The minimum Gasteiger partial charge on any atom is -0.494 e. The molecule has 0 radical (unpaired) electrons. The highest BCUT2D eigenvalue weighted by Crippen LogP contribution is 2.35. The lowest BCUT2D eigenvalue weighted by atomic mass is 9.82. The third kappa shape index (κ3) is 2.22. The fourth-order valence-corrected chi connectivity index (χ4v) is 2.87. The molecule has 5 nitrogen and oxygen atoms in total. The molecular formula is C15H21N3O2. The number of hydrogen-bond acceptors (Lipinski definition) is 4. The van der Waals surface area contributed by atoms with Gasteiger partial charge in [0.1, 0.15) is 11.3 Å². The van der Waals surface area contributed by atoms with E-state index in [1.165, 1.54) is 0 Å². The molecule has 0 atom stereocenters. The molecule has 5 heteroatoms. The van der Waals surface area contributed by atoms with Gasteiger partial charge in [-0.1, -0.05) is 13.0 Å². The summed E-state index contributed by atoms with van der Waals surface area (Å²) in [6, 6.07) is 5.93. The lowest BCUT2D eigenvalue weighted by molar-refractivity contribution is 0.0163. The van der Waals surface area contributed by atoms with Crippen molar-refractivity contribution in [2.75, 3.05) is 26.1 Å². The molecule has 0 saturated carbocycles. The highest BCUT2D eigenvalue weighted by molar-refractivity contribution is 5.84. The molecule has 2 aromatic rings. The number of nitrogens with zero attached hydrogens (tertiary/aromatic N) is 2. The Morgan fingerprint density at radius 3 is 2.85 bits per heavy atom. The average molecular weight is 275 g/mol. The van der Waals surface area contributed by atoms with Crippen molar-refractivity contribution in [1.29, 1.82) is 0 Å². The van der Waals surface area contributed by atoms with E-state index in [1.807, 2.05) is 18.2 Å². The number of imidazole rings is 1. The van der Waals surface area contributed by atoms with Crippen molar-refractivity contribution >= 4 is 17.0 Å². The zero-order valence-electron chi connectivity index (χ0n) is 12.1. The quantitative estimate of drug-likeness (QED) is 0.934. The van der Waals surface area contributed by atoms with Gasteiger partial charge in [0, 0.05) is 19.8 Å². The molecule has 2 heterocycles. The van der Waals surface area contributed by atoms with Gasteiger partial charge in [0.25, 0.3) is 0 Å². The summed E-state index contributed by atoms with van der Waals surface area (Å²) < 4.78 is 12.9. The molecule has 0 spiro atoms. The number of nitrogen functional groups attached to an aromatic ring is 1. The molecule has 0 amide bonds. The van der Waals surface area contributed by atoms with Crippen molar-refractivity contribution in [1.82, 2.24) is 9.55 Å². The molecule has 20 heavy (non-hydrogen) atoms. The Bertz CT molecular complexity index is 615. The average Bonchev–Trinajstić information content (AvgIpc) is 2.75.